The molecule has 0 bridgehead atoms. The Morgan fingerprint density at radius 1 is 1.47 bits per heavy atom. The van der Waals surface area contributed by atoms with E-state index >= 15 is 0 Å². The summed E-state index contributed by atoms with van der Waals surface area (Å²) in [6.45, 7) is 9.89. The fourth-order valence-corrected chi connectivity index (χ4v) is 1.83. The molecule has 1 N–H and O–H groups in total. The van der Waals surface area contributed by atoms with Crippen LogP contribution in [0.25, 0.3) is 0 Å². The fourth-order valence-electron chi connectivity index (χ4n) is 1.39. The Hall–Kier alpha value is -0.840. The third-order valence-electron chi connectivity index (χ3n) is 2.47. The maximum absolute atomic E-state index is 11.8. The molecule has 0 aliphatic rings. The van der Waals surface area contributed by atoms with Crippen LogP contribution < -0.4 is 10.9 Å². The average Bonchev–Trinajstić information content (AvgIpc) is 2.23. The molecule has 0 aliphatic carbocycles. The van der Waals surface area contributed by atoms with Crippen LogP contribution in [0.5, 0.6) is 0 Å². The highest BCUT2D eigenvalue weighted by molar-refractivity contribution is 9.10. The zero-order chi connectivity index (χ0) is 13.1. The zero-order valence-corrected chi connectivity index (χ0v) is 12.5. The van der Waals surface area contributed by atoms with E-state index in [1.807, 2.05) is 6.92 Å². The molecule has 0 spiro atoms. The van der Waals surface area contributed by atoms with E-state index in [1.54, 1.807) is 6.20 Å². The summed E-state index contributed by atoms with van der Waals surface area (Å²) >= 11 is 3.32. The highest BCUT2D eigenvalue weighted by Crippen LogP contribution is 2.20. The van der Waals surface area contributed by atoms with Crippen LogP contribution in [-0.4, -0.2) is 16.3 Å². The molecule has 0 aliphatic heterocycles. The SMILES string of the molecule is CCn1ncc(NCCC(C)(C)C)c(Br)c1=O. The van der Waals surface area contributed by atoms with E-state index in [0.29, 0.717) is 11.0 Å². The van der Waals surface area contributed by atoms with Crippen LogP contribution in [0.2, 0.25) is 0 Å². The fraction of sp³-hybridized carbons (Fsp3) is 0.667. The van der Waals surface area contributed by atoms with Crippen molar-refractivity contribution in [2.75, 3.05) is 11.9 Å². The summed E-state index contributed by atoms with van der Waals surface area (Å²) in [5.41, 5.74) is 0.961. The molecule has 0 unspecified atom stereocenters. The van der Waals surface area contributed by atoms with Gasteiger partial charge >= 0.3 is 0 Å². The van der Waals surface area contributed by atoms with Crippen molar-refractivity contribution in [1.29, 1.82) is 0 Å². The standard InChI is InChI=1S/C12H20BrN3O/c1-5-16-11(17)10(13)9(8-15-16)14-7-6-12(2,3)4/h8,14H,5-7H2,1-4H3. The normalized spacial score (nSPS) is 11.6. The molecular formula is C12H20BrN3O. The summed E-state index contributed by atoms with van der Waals surface area (Å²) in [5.74, 6) is 0. The maximum Gasteiger partial charge on any atom is 0.283 e. The maximum atomic E-state index is 11.8. The van der Waals surface area contributed by atoms with Crippen molar-refractivity contribution in [3.05, 3.63) is 21.0 Å². The predicted molar refractivity (Wildman–Crippen MR) is 74.4 cm³/mol. The van der Waals surface area contributed by atoms with Gasteiger partial charge in [-0.3, -0.25) is 4.79 Å². The number of anilines is 1. The Morgan fingerprint density at radius 2 is 2.12 bits per heavy atom. The number of aryl methyl sites for hydroxylation is 1. The lowest BCUT2D eigenvalue weighted by atomic mass is 9.92. The van der Waals surface area contributed by atoms with E-state index < -0.39 is 0 Å². The number of hydrogen-bond acceptors (Lipinski definition) is 3. The molecule has 17 heavy (non-hydrogen) atoms. The largest absolute Gasteiger partial charge is 0.383 e. The second kappa shape index (κ2) is 5.67. The van der Waals surface area contributed by atoms with Crippen LogP contribution in [0.3, 0.4) is 0 Å². The molecule has 1 aromatic rings. The van der Waals surface area contributed by atoms with Gasteiger partial charge in [-0.15, -0.1) is 0 Å². The summed E-state index contributed by atoms with van der Waals surface area (Å²) in [7, 11) is 0. The topological polar surface area (TPSA) is 46.9 Å². The lowest BCUT2D eigenvalue weighted by Crippen LogP contribution is -2.24. The Kier molecular flexibility index (Phi) is 4.74. The van der Waals surface area contributed by atoms with Crippen LogP contribution in [0.1, 0.15) is 34.1 Å². The number of nitrogens with one attached hydrogen (secondary N) is 1. The highest BCUT2D eigenvalue weighted by atomic mass is 79.9. The summed E-state index contributed by atoms with van der Waals surface area (Å²) in [6, 6.07) is 0. The van der Waals surface area contributed by atoms with Gasteiger partial charge in [-0.25, -0.2) is 4.68 Å². The van der Waals surface area contributed by atoms with Gasteiger partial charge in [-0.05, 0) is 34.7 Å². The van der Waals surface area contributed by atoms with Gasteiger partial charge in [0.05, 0.1) is 11.9 Å². The smallest absolute Gasteiger partial charge is 0.283 e. The lowest BCUT2D eigenvalue weighted by Gasteiger charge is -2.18. The van der Waals surface area contributed by atoms with Gasteiger partial charge in [0.2, 0.25) is 0 Å². The van der Waals surface area contributed by atoms with E-state index in [2.05, 4.69) is 47.1 Å². The van der Waals surface area contributed by atoms with Crippen molar-refractivity contribution in [3.8, 4) is 0 Å². The molecule has 0 saturated carbocycles. The first-order chi connectivity index (χ1) is 7.85. The van der Waals surface area contributed by atoms with E-state index in [1.165, 1.54) is 4.68 Å². The van der Waals surface area contributed by atoms with Crippen molar-refractivity contribution in [3.63, 3.8) is 0 Å². The van der Waals surface area contributed by atoms with Crippen molar-refractivity contribution in [1.82, 2.24) is 9.78 Å². The molecular weight excluding hydrogens is 282 g/mol. The Balaban J connectivity index is 2.74. The summed E-state index contributed by atoms with van der Waals surface area (Å²) in [4.78, 5) is 11.8. The second-order valence-electron chi connectivity index (χ2n) is 5.23. The van der Waals surface area contributed by atoms with Crippen molar-refractivity contribution < 1.29 is 0 Å². The van der Waals surface area contributed by atoms with E-state index in [0.717, 1.165) is 18.7 Å². The summed E-state index contributed by atoms with van der Waals surface area (Å²) in [6.07, 6.45) is 2.73. The monoisotopic (exact) mass is 301 g/mol. The zero-order valence-electron chi connectivity index (χ0n) is 10.9. The molecule has 96 valence electrons. The molecule has 1 aromatic heterocycles. The number of halogens is 1. The van der Waals surface area contributed by atoms with Gasteiger partial charge in [0.15, 0.2) is 0 Å². The first kappa shape index (κ1) is 14.2. The van der Waals surface area contributed by atoms with Crippen LogP contribution in [0.15, 0.2) is 15.5 Å². The van der Waals surface area contributed by atoms with Crippen molar-refractivity contribution >= 4 is 21.6 Å². The molecule has 1 rings (SSSR count). The van der Waals surface area contributed by atoms with Gasteiger partial charge in [0.25, 0.3) is 5.56 Å². The number of aromatic nitrogens is 2. The first-order valence-electron chi connectivity index (χ1n) is 5.84. The van der Waals surface area contributed by atoms with Crippen molar-refractivity contribution in [2.24, 2.45) is 5.41 Å². The Morgan fingerprint density at radius 3 is 2.65 bits per heavy atom. The van der Waals surface area contributed by atoms with Gasteiger partial charge < -0.3 is 5.32 Å². The van der Waals surface area contributed by atoms with E-state index in [9.17, 15) is 4.79 Å². The molecule has 0 aromatic carbocycles. The summed E-state index contributed by atoms with van der Waals surface area (Å²) < 4.78 is 1.99. The van der Waals surface area contributed by atoms with Crippen LogP contribution in [-0.2, 0) is 6.54 Å². The second-order valence-corrected chi connectivity index (χ2v) is 6.02. The van der Waals surface area contributed by atoms with Crippen molar-refractivity contribution in [2.45, 2.75) is 40.7 Å². The van der Waals surface area contributed by atoms with Gasteiger partial charge in [0.1, 0.15) is 4.47 Å². The van der Waals surface area contributed by atoms with E-state index in [4.69, 9.17) is 0 Å². The molecule has 0 saturated heterocycles. The third-order valence-corrected chi connectivity index (χ3v) is 3.24. The van der Waals surface area contributed by atoms with Gasteiger partial charge in [-0.2, -0.15) is 5.10 Å². The van der Waals surface area contributed by atoms with Gasteiger partial charge in [0, 0.05) is 13.1 Å². The minimum absolute atomic E-state index is 0.0896. The first-order valence-corrected chi connectivity index (χ1v) is 6.64. The van der Waals surface area contributed by atoms with Crippen LogP contribution >= 0.6 is 15.9 Å². The van der Waals surface area contributed by atoms with Gasteiger partial charge in [-0.1, -0.05) is 20.8 Å². The molecule has 0 amide bonds. The number of rotatable bonds is 4. The summed E-state index contributed by atoms with van der Waals surface area (Å²) in [5, 5.41) is 7.32. The van der Waals surface area contributed by atoms with Crippen LogP contribution in [0, 0.1) is 5.41 Å². The molecule has 5 heteroatoms. The molecule has 0 fully saturated rings. The average molecular weight is 302 g/mol. The highest BCUT2D eigenvalue weighted by Gasteiger charge is 2.11. The molecule has 4 nitrogen and oxygen atoms in total. The lowest BCUT2D eigenvalue weighted by molar-refractivity contribution is 0.389. The number of hydrogen-bond donors (Lipinski definition) is 1. The third kappa shape index (κ3) is 4.15. The predicted octanol–water partition coefficient (Wildman–Crippen LogP) is 2.87. The molecule has 0 atom stereocenters. The van der Waals surface area contributed by atoms with Crippen LogP contribution in [0.4, 0.5) is 5.69 Å². The minimum atomic E-state index is -0.0896. The Bertz CT molecular complexity index is 434. The quantitative estimate of drug-likeness (QED) is 0.930. The Labute approximate surface area is 111 Å². The number of nitrogens with zero attached hydrogens (tertiary/aromatic N) is 2. The van der Waals surface area contributed by atoms with E-state index in [-0.39, 0.29) is 11.0 Å². The minimum Gasteiger partial charge on any atom is -0.383 e. The molecule has 1 heterocycles. The molecule has 0 radical (unpaired) electrons.